The Morgan fingerprint density at radius 1 is 1.25 bits per heavy atom. The Morgan fingerprint density at radius 2 is 2.11 bits per heavy atom. The Kier molecular flexibility index (Phi) is 6.59. The summed E-state index contributed by atoms with van der Waals surface area (Å²) in [4.78, 5) is 12.9. The summed E-state index contributed by atoms with van der Waals surface area (Å²) < 4.78 is 13.0. The van der Waals surface area contributed by atoms with Crippen LogP contribution < -0.4 is 20.5 Å². The normalized spacial score (nSPS) is 12.2. The van der Waals surface area contributed by atoms with Gasteiger partial charge in [-0.1, -0.05) is 19.4 Å². The van der Waals surface area contributed by atoms with Crippen LogP contribution in [0.3, 0.4) is 0 Å². The summed E-state index contributed by atoms with van der Waals surface area (Å²) in [5.74, 6) is 0.899. The molecule has 0 spiro atoms. The van der Waals surface area contributed by atoms with Gasteiger partial charge in [-0.15, -0.1) is 5.10 Å². The van der Waals surface area contributed by atoms with E-state index in [2.05, 4.69) is 32.3 Å². The molecule has 0 aliphatic rings. The molecule has 150 valence electrons. The minimum Gasteiger partial charge on any atom is -0.476 e. The minimum absolute atomic E-state index is 0.0217. The quantitative estimate of drug-likeness (QED) is 0.509. The van der Waals surface area contributed by atoms with Gasteiger partial charge < -0.3 is 20.5 Å². The number of aromatic nitrogens is 5. The number of rotatable bonds is 10. The first kappa shape index (κ1) is 19.8. The molecule has 0 fully saturated rings. The van der Waals surface area contributed by atoms with E-state index in [0.29, 0.717) is 30.4 Å². The number of fused-ring (bicyclic) bond motifs is 1. The van der Waals surface area contributed by atoms with Crippen molar-refractivity contribution < 1.29 is 9.47 Å². The van der Waals surface area contributed by atoms with Crippen molar-refractivity contribution in [3.63, 3.8) is 0 Å². The lowest BCUT2D eigenvalue weighted by Gasteiger charge is -2.12. The number of likely N-dealkylation sites (N-methyl/N-ethyl adjacent to an activating group) is 1. The summed E-state index contributed by atoms with van der Waals surface area (Å²) in [6, 6.07) is 4.10. The average molecular weight is 385 g/mol. The molecule has 0 saturated carbocycles. The van der Waals surface area contributed by atoms with Crippen LogP contribution in [0, 0.1) is 0 Å². The lowest BCUT2D eigenvalue weighted by Crippen LogP contribution is -2.16. The zero-order valence-corrected chi connectivity index (χ0v) is 16.6. The Morgan fingerprint density at radius 3 is 2.82 bits per heavy atom. The zero-order valence-electron chi connectivity index (χ0n) is 16.6. The van der Waals surface area contributed by atoms with E-state index in [1.165, 1.54) is 0 Å². The van der Waals surface area contributed by atoms with Crippen molar-refractivity contribution in [2.24, 2.45) is 0 Å². The molecule has 1 atom stereocenters. The molecule has 0 aliphatic carbocycles. The molecular formula is C19H27N7O2. The number of imidazole rings is 1. The van der Waals surface area contributed by atoms with Crippen LogP contribution in [0.2, 0.25) is 0 Å². The number of nitrogens with zero attached hydrogens (tertiary/aromatic N) is 5. The summed E-state index contributed by atoms with van der Waals surface area (Å²) >= 11 is 0. The van der Waals surface area contributed by atoms with E-state index in [9.17, 15) is 0 Å². The van der Waals surface area contributed by atoms with Gasteiger partial charge in [0.05, 0.1) is 18.0 Å². The molecule has 0 saturated heterocycles. The second-order valence-corrected chi connectivity index (χ2v) is 6.62. The fourth-order valence-corrected chi connectivity index (χ4v) is 2.81. The van der Waals surface area contributed by atoms with E-state index in [4.69, 9.17) is 15.2 Å². The van der Waals surface area contributed by atoms with Crippen molar-refractivity contribution in [3.05, 3.63) is 35.8 Å². The predicted octanol–water partition coefficient (Wildman–Crippen LogP) is 1.86. The van der Waals surface area contributed by atoms with E-state index >= 15 is 0 Å². The fraction of sp³-hybridized carbons (Fsp3) is 0.474. The van der Waals surface area contributed by atoms with Crippen LogP contribution in [0.15, 0.2) is 24.5 Å². The van der Waals surface area contributed by atoms with Crippen molar-refractivity contribution in [1.29, 1.82) is 0 Å². The molecule has 9 heteroatoms. The van der Waals surface area contributed by atoms with Gasteiger partial charge in [0.1, 0.15) is 6.61 Å². The molecule has 3 aromatic heterocycles. The van der Waals surface area contributed by atoms with E-state index in [-0.39, 0.29) is 12.1 Å². The molecule has 3 aromatic rings. The third-order valence-electron chi connectivity index (χ3n) is 4.23. The first-order chi connectivity index (χ1) is 13.6. The van der Waals surface area contributed by atoms with Crippen LogP contribution in [-0.4, -0.2) is 50.9 Å². The van der Waals surface area contributed by atoms with Crippen LogP contribution in [0.1, 0.15) is 37.9 Å². The molecule has 3 rings (SSSR count). The maximum absolute atomic E-state index is 6.04. The highest BCUT2D eigenvalue weighted by atomic mass is 16.5. The predicted molar refractivity (Wildman–Crippen MR) is 107 cm³/mol. The number of nitrogens with one attached hydrogen (secondary N) is 1. The molecule has 0 aliphatic heterocycles. The summed E-state index contributed by atoms with van der Waals surface area (Å²) in [5.41, 5.74) is 8.45. The zero-order chi connectivity index (χ0) is 19.9. The first-order valence-corrected chi connectivity index (χ1v) is 9.49. The van der Waals surface area contributed by atoms with Crippen molar-refractivity contribution >= 4 is 11.5 Å². The highest BCUT2D eigenvalue weighted by Gasteiger charge is 2.14. The Hall–Kier alpha value is -2.94. The van der Waals surface area contributed by atoms with Gasteiger partial charge in [0.2, 0.25) is 5.88 Å². The number of hydrogen-bond donors (Lipinski definition) is 2. The summed E-state index contributed by atoms with van der Waals surface area (Å²) in [5, 5.41) is 7.50. The van der Waals surface area contributed by atoms with E-state index in [0.717, 1.165) is 30.6 Å². The molecule has 0 bridgehead atoms. The number of nitrogen functional groups attached to an aromatic ring is 1. The maximum atomic E-state index is 6.04. The smallest absolute Gasteiger partial charge is 0.336 e. The van der Waals surface area contributed by atoms with Gasteiger partial charge in [-0.2, -0.15) is 4.98 Å². The lowest BCUT2D eigenvalue weighted by atomic mass is 10.2. The Bertz CT molecular complexity index is 895. The van der Waals surface area contributed by atoms with Gasteiger partial charge in [0, 0.05) is 25.2 Å². The van der Waals surface area contributed by atoms with Gasteiger partial charge in [0.25, 0.3) is 0 Å². The summed E-state index contributed by atoms with van der Waals surface area (Å²) in [6.07, 6.45) is 6.11. The van der Waals surface area contributed by atoms with Crippen LogP contribution in [-0.2, 0) is 6.42 Å². The minimum atomic E-state index is 0.0217. The Labute approximate surface area is 164 Å². The van der Waals surface area contributed by atoms with Crippen molar-refractivity contribution in [1.82, 2.24) is 29.9 Å². The van der Waals surface area contributed by atoms with Crippen molar-refractivity contribution in [3.8, 4) is 11.9 Å². The second kappa shape index (κ2) is 9.32. The number of nitrogens with two attached hydrogens (primary N) is 1. The monoisotopic (exact) mass is 385 g/mol. The third-order valence-corrected chi connectivity index (χ3v) is 4.23. The van der Waals surface area contributed by atoms with Gasteiger partial charge in [0.15, 0.2) is 11.5 Å². The van der Waals surface area contributed by atoms with Crippen LogP contribution in [0.4, 0.5) is 5.82 Å². The maximum Gasteiger partial charge on any atom is 0.336 e. The molecule has 0 radical (unpaired) electrons. The SMILES string of the molecule is CCCC(C)Oc1nc(N)c2ncc(Cc3ccc(OCCNC)nc3)n2n1. The molecule has 0 aromatic carbocycles. The van der Waals surface area contributed by atoms with Crippen LogP contribution >= 0.6 is 0 Å². The van der Waals surface area contributed by atoms with E-state index in [1.54, 1.807) is 16.9 Å². The molecule has 9 nitrogen and oxygen atoms in total. The Balaban J connectivity index is 1.76. The first-order valence-electron chi connectivity index (χ1n) is 9.49. The third kappa shape index (κ3) is 4.86. The molecule has 1 unspecified atom stereocenters. The van der Waals surface area contributed by atoms with E-state index in [1.807, 2.05) is 26.1 Å². The summed E-state index contributed by atoms with van der Waals surface area (Å²) in [7, 11) is 1.88. The molecule has 3 N–H and O–H groups in total. The molecular weight excluding hydrogens is 358 g/mol. The van der Waals surface area contributed by atoms with Gasteiger partial charge in [-0.25, -0.2) is 14.5 Å². The van der Waals surface area contributed by atoms with Crippen molar-refractivity contribution in [2.45, 2.75) is 39.2 Å². The van der Waals surface area contributed by atoms with Gasteiger partial charge in [-0.3, -0.25) is 0 Å². The second-order valence-electron chi connectivity index (χ2n) is 6.62. The molecule has 3 heterocycles. The number of anilines is 1. The topological polar surface area (TPSA) is 112 Å². The number of ether oxygens (including phenoxy) is 2. The van der Waals surface area contributed by atoms with Crippen LogP contribution in [0.5, 0.6) is 11.9 Å². The van der Waals surface area contributed by atoms with Crippen molar-refractivity contribution in [2.75, 3.05) is 25.9 Å². The van der Waals surface area contributed by atoms with E-state index < -0.39 is 0 Å². The van der Waals surface area contributed by atoms with Gasteiger partial charge >= 0.3 is 6.01 Å². The largest absolute Gasteiger partial charge is 0.476 e. The van der Waals surface area contributed by atoms with Gasteiger partial charge in [-0.05, 0) is 26.0 Å². The highest BCUT2D eigenvalue weighted by molar-refractivity contribution is 5.59. The molecule has 0 amide bonds. The number of hydrogen-bond acceptors (Lipinski definition) is 8. The average Bonchev–Trinajstić information content (AvgIpc) is 3.07. The van der Waals surface area contributed by atoms with Crippen LogP contribution in [0.25, 0.3) is 5.65 Å². The standard InChI is InChI=1S/C19H27N7O2/c1-4-5-13(2)28-19-24-17(20)18-23-12-15(26(18)25-19)10-14-6-7-16(22-11-14)27-9-8-21-3/h6-7,11-13,21H,4-5,8-10H2,1-3H3,(H2,20,24,25). The molecule has 28 heavy (non-hydrogen) atoms. The highest BCUT2D eigenvalue weighted by Crippen LogP contribution is 2.18. The number of pyridine rings is 1. The summed E-state index contributed by atoms with van der Waals surface area (Å²) in [6.45, 7) is 5.45. The lowest BCUT2D eigenvalue weighted by molar-refractivity contribution is 0.189. The fourth-order valence-electron chi connectivity index (χ4n) is 2.81.